The molecule has 0 spiro atoms. The van der Waals surface area contributed by atoms with Gasteiger partial charge in [-0.05, 0) is 38.7 Å². The number of nitrogens with one attached hydrogen (secondary N) is 2. The first-order valence-electron chi connectivity index (χ1n) is 9.97. The van der Waals surface area contributed by atoms with Crippen LogP contribution in [0.5, 0.6) is 0 Å². The Hall–Kier alpha value is -1.59. The number of aliphatic imine (C=N–C) groups is 1. The van der Waals surface area contributed by atoms with Crippen molar-refractivity contribution in [1.29, 1.82) is 0 Å². The third-order valence-corrected chi connectivity index (χ3v) is 4.61. The predicted molar refractivity (Wildman–Crippen MR) is 108 cm³/mol. The molecule has 5 heteroatoms. The highest BCUT2D eigenvalue weighted by molar-refractivity contribution is 5.79. The third kappa shape index (κ3) is 7.75. The molecule has 5 nitrogen and oxygen atoms in total. The Labute approximate surface area is 158 Å². The summed E-state index contributed by atoms with van der Waals surface area (Å²) in [7, 11) is 0. The Bertz CT molecular complexity index is 542. The molecule has 0 radical (unpaired) electrons. The van der Waals surface area contributed by atoms with Crippen molar-refractivity contribution >= 4 is 5.96 Å². The van der Waals surface area contributed by atoms with E-state index in [1.165, 1.54) is 11.1 Å². The zero-order valence-electron chi connectivity index (χ0n) is 16.6. The van der Waals surface area contributed by atoms with E-state index in [-0.39, 0.29) is 0 Å². The maximum absolute atomic E-state index is 5.91. The maximum Gasteiger partial charge on any atom is 0.191 e. The molecule has 1 atom stereocenters. The number of benzene rings is 1. The number of ether oxygens (including phenoxy) is 2. The normalized spacial score (nSPS) is 17.1. The molecule has 1 aromatic rings. The van der Waals surface area contributed by atoms with Gasteiger partial charge in [0, 0.05) is 45.4 Å². The summed E-state index contributed by atoms with van der Waals surface area (Å²) >= 11 is 0. The Morgan fingerprint density at radius 2 is 2.12 bits per heavy atom. The zero-order chi connectivity index (χ0) is 18.6. The summed E-state index contributed by atoms with van der Waals surface area (Å²) in [5.74, 6) is 1.29. The molecular formula is C21H35N3O2. The van der Waals surface area contributed by atoms with Gasteiger partial charge in [0.2, 0.25) is 0 Å². The van der Waals surface area contributed by atoms with Crippen LogP contribution in [-0.4, -0.2) is 51.5 Å². The molecule has 1 fully saturated rings. The van der Waals surface area contributed by atoms with Gasteiger partial charge in [0.25, 0.3) is 0 Å². The standard InChI is InChI=1S/C21H35N3O2/c1-4-22-21(23-11-6-12-26-20-9-13-25-14-10-20)24-16-18(3)19-8-5-7-17(2)15-19/h5,7-8,15,18,20H,4,6,9-14,16H2,1-3H3,(H2,22,23,24). The number of hydrogen-bond donors (Lipinski definition) is 2. The number of guanidine groups is 1. The summed E-state index contributed by atoms with van der Waals surface area (Å²) in [6.45, 7) is 11.4. The van der Waals surface area contributed by atoms with Gasteiger partial charge >= 0.3 is 0 Å². The second kappa shape index (κ2) is 11.9. The first kappa shape index (κ1) is 20.7. The quantitative estimate of drug-likeness (QED) is 0.403. The molecule has 1 aromatic carbocycles. The van der Waals surface area contributed by atoms with Gasteiger partial charge in [0.1, 0.15) is 0 Å². The monoisotopic (exact) mass is 361 g/mol. The van der Waals surface area contributed by atoms with Gasteiger partial charge in [0.15, 0.2) is 5.96 Å². The van der Waals surface area contributed by atoms with Gasteiger partial charge in [-0.2, -0.15) is 0 Å². The van der Waals surface area contributed by atoms with Crippen LogP contribution in [-0.2, 0) is 9.47 Å². The summed E-state index contributed by atoms with van der Waals surface area (Å²) in [5.41, 5.74) is 2.64. The molecule has 0 aliphatic carbocycles. The van der Waals surface area contributed by atoms with Crippen molar-refractivity contribution in [2.75, 3.05) is 39.5 Å². The smallest absolute Gasteiger partial charge is 0.191 e. The Kier molecular flexibility index (Phi) is 9.50. The number of aryl methyl sites for hydroxylation is 1. The molecule has 1 saturated heterocycles. The van der Waals surface area contributed by atoms with Gasteiger partial charge < -0.3 is 20.1 Å². The van der Waals surface area contributed by atoms with Crippen LogP contribution in [0.15, 0.2) is 29.3 Å². The van der Waals surface area contributed by atoms with E-state index in [4.69, 9.17) is 14.5 Å². The van der Waals surface area contributed by atoms with Crippen LogP contribution in [0.2, 0.25) is 0 Å². The molecule has 1 unspecified atom stereocenters. The Balaban J connectivity index is 1.70. The highest BCUT2D eigenvalue weighted by Gasteiger charge is 2.13. The minimum atomic E-state index is 0.376. The highest BCUT2D eigenvalue weighted by Crippen LogP contribution is 2.16. The van der Waals surface area contributed by atoms with Crippen LogP contribution in [0.3, 0.4) is 0 Å². The fraction of sp³-hybridized carbons (Fsp3) is 0.667. The van der Waals surface area contributed by atoms with Crippen molar-refractivity contribution in [1.82, 2.24) is 10.6 Å². The third-order valence-electron chi connectivity index (χ3n) is 4.61. The van der Waals surface area contributed by atoms with Crippen LogP contribution in [0.1, 0.15) is 50.2 Å². The van der Waals surface area contributed by atoms with Crippen LogP contribution in [0, 0.1) is 6.92 Å². The summed E-state index contributed by atoms with van der Waals surface area (Å²) in [5, 5.41) is 6.73. The van der Waals surface area contributed by atoms with Crippen LogP contribution in [0.25, 0.3) is 0 Å². The minimum Gasteiger partial charge on any atom is -0.381 e. The highest BCUT2D eigenvalue weighted by atomic mass is 16.5. The van der Waals surface area contributed by atoms with E-state index in [0.29, 0.717) is 12.0 Å². The summed E-state index contributed by atoms with van der Waals surface area (Å²) in [6.07, 6.45) is 3.40. The fourth-order valence-corrected chi connectivity index (χ4v) is 3.02. The van der Waals surface area contributed by atoms with Gasteiger partial charge in [-0.1, -0.05) is 36.8 Å². The molecule has 0 bridgehead atoms. The first-order valence-corrected chi connectivity index (χ1v) is 9.97. The molecule has 0 aromatic heterocycles. The van der Waals surface area contributed by atoms with Crippen molar-refractivity contribution in [3.05, 3.63) is 35.4 Å². The molecule has 2 rings (SSSR count). The summed E-state index contributed by atoms with van der Waals surface area (Å²) in [6, 6.07) is 8.68. The SMILES string of the molecule is CCNC(=NCC(C)c1cccc(C)c1)NCCCOC1CCOCC1. The van der Waals surface area contributed by atoms with Gasteiger partial charge in [-0.15, -0.1) is 0 Å². The molecule has 26 heavy (non-hydrogen) atoms. The average Bonchev–Trinajstić information content (AvgIpc) is 2.66. The van der Waals surface area contributed by atoms with E-state index < -0.39 is 0 Å². The minimum absolute atomic E-state index is 0.376. The van der Waals surface area contributed by atoms with Gasteiger partial charge in [0.05, 0.1) is 6.10 Å². The van der Waals surface area contributed by atoms with E-state index in [2.05, 4.69) is 55.7 Å². The largest absolute Gasteiger partial charge is 0.381 e. The lowest BCUT2D eigenvalue weighted by molar-refractivity contribution is -0.0320. The fourth-order valence-electron chi connectivity index (χ4n) is 3.02. The maximum atomic E-state index is 5.91. The van der Waals surface area contributed by atoms with Gasteiger partial charge in [-0.3, -0.25) is 4.99 Å². The molecule has 1 heterocycles. The predicted octanol–water partition coefficient (Wildman–Crippen LogP) is 3.24. The van der Waals surface area contributed by atoms with Crippen LogP contribution >= 0.6 is 0 Å². The first-order chi connectivity index (χ1) is 12.7. The van der Waals surface area contributed by atoms with E-state index >= 15 is 0 Å². The Morgan fingerprint density at radius 1 is 1.31 bits per heavy atom. The lowest BCUT2D eigenvalue weighted by atomic mass is 10.00. The molecular weight excluding hydrogens is 326 g/mol. The van der Waals surface area contributed by atoms with E-state index in [0.717, 1.165) is 64.7 Å². The van der Waals surface area contributed by atoms with Crippen LogP contribution < -0.4 is 10.6 Å². The van der Waals surface area contributed by atoms with Crippen molar-refractivity contribution in [2.24, 2.45) is 4.99 Å². The molecule has 146 valence electrons. The van der Waals surface area contributed by atoms with Crippen molar-refractivity contribution in [3.8, 4) is 0 Å². The van der Waals surface area contributed by atoms with Crippen molar-refractivity contribution in [3.63, 3.8) is 0 Å². The second-order valence-corrected chi connectivity index (χ2v) is 7.00. The molecule has 1 aliphatic rings. The molecule has 0 saturated carbocycles. The topological polar surface area (TPSA) is 54.9 Å². The number of rotatable bonds is 9. The van der Waals surface area contributed by atoms with Gasteiger partial charge in [-0.25, -0.2) is 0 Å². The van der Waals surface area contributed by atoms with Crippen molar-refractivity contribution < 1.29 is 9.47 Å². The average molecular weight is 362 g/mol. The molecule has 2 N–H and O–H groups in total. The summed E-state index contributed by atoms with van der Waals surface area (Å²) < 4.78 is 11.3. The lowest BCUT2D eigenvalue weighted by Crippen LogP contribution is -2.38. The zero-order valence-corrected chi connectivity index (χ0v) is 16.6. The number of nitrogens with zero attached hydrogens (tertiary/aromatic N) is 1. The molecule has 1 aliphatic heterocycles. The second-order valence-electron chi connectivity index (χ2n) is 7.00. The lowest BCUT2D eigenvalue weighted by Gasteiger charge is -2.22. The van der Waals surface area contributed by atoms with E-state index in [1.807, 2.05) is 0 Å². The van der Waals surface area contributed by atoms with E-state index in [1.54, 1.807) is 0 Å². The molecule has 0 amide bonds. The van der Waals surface area contributed by atoms with Crippen molar-refractivity contribution in [2.45, 2.75) is 52.1 Å². The van der Waals surface area contributed by atoms with Crippen LogP contribution in [0.4, 0.5) is 0 Å². The summed E-state index contributed by atoms with van der Waals surface area (Å²) in [4.78, 5) is 4.74. The van der Waals surface area contributed by atoms with E-state index in [9.17, 15) is 0 Å². The Morgan fingerprint density at radius 3 is 2.85 bits per heavy atom. The number of hydrogen-bond acceptors (Lipinski definition) is 3.